The lowest BCUT2D eigenvalue weighted by Gasteiger charge is -2.28. The van der Waals surface area contributed by atoms with Gasteiger partial charge >= 0.3 is 5.97 Å². The summed E-state index contributed by atoms with van der Waals surface area (Å²) in [5, 5.41) is 8.87. The Labute approximate surface area is 106 Å². The number of hydrogen-bond acceptors (Lipinski definition) is 4. The van der Waals surface area contributed by atoms with Crippen molar-refractivity contribution >= 4 is 5.97 Å². The summed E-state index contributed by atoms with van der Waals surface area (Å²) in [5.41, 5.74) is 0.211. The molecule has 1 saturated heterocycles. The number of aromatic carboxylic acids is 1. The lowest BCUT2D eigenvalue weighted by Crippen LogP contribution is -2.32. The normalized spacial score (nSPS) is 17.6. The van der Waals surface area contributed by atoms with E-state index in [1.807, 2.05) is 0 Å². The average molecular weight is 250 g/mol. The molecule has 18 heavy (non-hydrogen) atoms. The van der Waals surface area contributed by atoms with Crippen molar-refractivity contribution in [2.75, 3.05) is 26.7 Å². The Morgan fingerprint density at radius 2 is 2.28 bits per heavy atom. The predicted molar refractivity (Wildman–Crippen MR) is 66.9 cm³/mol. The van der Waals surface area contributed by atoms with Gasteiger partial charge < -0.3 is 14.7 Å². The maximum atomic E-state index is 10.8. The van der Waals surface area contributed by atoms with E-state index < -0.39 is 5.97 Å². The summed E-state index contributed by atoms with van der Waals surface area (Å²) >= 11 is 0. The number of rotatable bonds is 4. The molecule has 1 aromatic rings. The van der Waals surface area contributed by atoms with Gasteiger partial charge in [-0.05, 0) is 45.0 Å². The largest absolute Gasteiger partial charge is 0.478 e. The zero-order chi connectivity index (χ0) is 13.0. The maximum Gasteiger partial charge on any atom is 0.335 e. The second-order valence-corrected chi connectivity index (χ2v) is 4.75. The second kappa shape index (κ2) is 5.82. The van der Waals surface area contributed by atoms with Crippen LogP contribution in [0, 0.1) is 5.92 Å². The lowest BCUT2D eigenvalue weighted by atomic mass is 9.98. The Hall–Kier alpha value is -1.62. The first-order valence-electron chi connectivity index (χ1n) is 6.16. The fourth-order valence-electron chi connectivity index (χ4n) is 2.05. The van der Waals surface area contributed by atoms with Gasteiger partial charge in [-0.1, -0.05) is 0 Å². The van der Waals surface area contributed by atoms with E-state index in [4.69, 9.17) is 9.84 Å². The van der Waals surface area contributed by atoms with Gasteiger partial charge in [-0.3, -0.25) is 0 Å². The van der Waals surface area contributed by atoms with E-state index in [1.165, 1.54) is 18.3 Å². The fraction of sp³-hybridized carbons (Fsp3) is 0.538. The molecule has 0 aromatic carbocycles. The van der Waals surface area contributed by atoms with Gasteiger partial charge in [0.15, 0.2) is 0 Å². The minimum absolute atomic E-state index is 0.211. The van der Waals surface area contributed by atoms with Crippen LogP contribution in [0.25, 0.3) is 0 Å². The van der Waals surface area contributed by atoms with Crippen molar-refractivity contribution in [3.63, 3.8) is 0 Å². The highest BCUT2D eigenvalue weighted by Gasteiger charge is 2.17. The van der Waals surface area contributed by atoms with Crippen molar-refractivity contribution in [2.45, 2.75) is 12.8 Å². The van der Waals surface area contributed by atoms with Crippen molar-refractivity contribution in [1.29, 1.82) is 0 Å². The van der Waals surface area contributed by atoms with Gasteiger partial charge in [-0.2, -0.15) is 0 Å². The third-order valence-electron chi connectivity index (χ3n) is 3.29. The van der Waals surface area contributed by atoms with Crippen LogP contribution in [0.4, 0.5) is 0 Å². The molecule has 2 rings (SSSR count). The monoisotopic (exact) mass is 250 g/mol. The van der Waals surface area contributed by atoms with Crippen molar-refractivity contribution in [2.24, 2.45) is 5.92 Å². The molecule has 0 amide bonds. The van der Waals surface area contributed by atoms with Gasteiger partial charge in [0.1, 0.15) is 0 Å². The van der Waals surface area contributed by atoms with Crippen LogP contribution >= 0.6 is 0 Å². The fourth-order valence-corrected chi connectivity index (χ4v) is 2.05. The first-order chi connectivity index (χ1) is 8.65. The third-order valence-corrected chi connectivity index (χ3v) is 3.29. The minimum atomic E-state index is -0.957. The lowest BCUT2D eigenvalue weighted by molar-refractivity contribution is 0.0696. The number of piperidine rings is 1. The number of carboxylic acid groups (broad SMARTS) is 1. The summed E-state index contributed by atoms with van der Waals surface area (Å²) in [4.78, 5) is 17.1. The van der Waals surface area contributed by atoms with Crippen molar-refractivity contribution in [3.8, 4) is 5.88 Å². The molecule has 1 fully saturated rings. The molecule has 5 heteroatoms. The topological polar surface area (TPSA) is 62.7 Å². The molecule has 0 aliphatic carbocycles. The Balaban J connectivity index is 1.86. The summed E-state index contributed by atoms with van der Waals surface area (Å²) < 4.78 is 5.58. The number of carbonyl (C=O) groups is 1. The Kier molecular flexibility index (Phi) is 4.15. The van der Waals surface area contributed by atoms with E-state index in [-0.39, 0.29) is 5.56 Å². The molecule has 0 unspecified atom stereocenters. The van der Waals surface area contributed by atoms with Crippen molar-refractivity contribution in [3.05, 3.63) is 23.9 Å². The van der Waals surface area contributed by atoms with Gasteiger partial charge in [0.25, 0.3) is 0 Å². The highest BCUT2D eigenvalue weighted by atomic mass is 16.5. The molecule has 1 aliphatic rings. The van der Waals surface area contributed by atoms with Crippen LogP contribution in [-0.4, -0.2) is 47.7 Å². The van der Waals surface area contributed by atoms with E-state index >= 15 is 0 Å². The van der Waals surface area contributed by atoms with Gasteiger partial charge in [-0.15, -0.1) is 0 Å². The standard InChI is InChI=1S/C13H18N2O3/c1-15-6-3-10(4-7-15)9-18-12-8-11(13(16)17)2-5-14-12/h2,5,8,10H,3-4,6-7,9H2,1H3,(H,16,17). The molecular formula is C13H18N2O3. The van der Waals surface area contributed by atoms with E-state index in [0.717, 1.165) is 25.9 Å². The zero-order valence-electron chi connectivity index (χ0n) is 10.5. The summed E-state index contributed by atoms with van der Waals surface area (Å²) in [6.07, 6.45) is 3.71. The molecular weight excluding hydrogens is 232 g/mol. The molecule has 0 spiro atoms. The third kappa shape index (κ3) is 3.43. The predicted octanol–water partition coefficient (Wildman–Crippen LogP) is 1.50. The quantitative estimate of drug-likeness (QED) is 0.877. The highest BCUT2D eigenvalue weighted by Crippen LogP contribution is 2.18. The van der Waals surface area contributed by atoms with Crippen LogP contribution in [0.15, 0.2) is 18.3 Å². The Bertz CT molecular complexity index is 414. The number of nitrogens with zero attached hydrogens (tertiary/aromatic N) is 2. The summed E-state index contributed by atoms with van der Waals surface area (Å²) in [6.45, 7) is 2.80. The molecule has 0 radical (unpaired) electrons. The van der Waals surface area contributed by atoms with Crippen LogP contribution in [0.3, 0.4) is 0 Å². The number of aromatic nitrogens is 1. The van der Waals surface area contributed by atoms with Crippen LogP contribution in [0.5, 0.6) is 5.88 Å². The SMILES string of the molecule is CN1CCC(COc2cc(C(=O)O)ccn2)CC1. The van der Waals surface area contributed by atoms with E-state index in [0.29, 0.717) is 18.4 Å². The van der Waals surface area contributed by atoms with Crippen LogP contribution in [0.2, 0.25) is 0 Å². The molecule has 1 N–H and O–H groups in total. The smallest absolute Gasteiger partial charge is 0.335 e. The first kappa shape index (κ1) is 12.8. The summed E-state index contributed by atoms with van der Waals surface area (Å²) in [5.74, 6) is -0.0214. The van der Waals surface area contributed by atoms with Gasteiger partial charge in [-0.25, -0.2) is 9.78 Å². The van der Waals surface area contributed by atoms with E-state index in [9.17, 15) is 4.79 Å². The Morgan fingerprint density at radius 1 is 1.56 bits per heavy atom. The molecule has 98 valence electrons. The average Bonchev–Trinajstić information content (AvgIpc) is 2.38. The van der Waals surface area contributed by atoms with Gasteiger partial charge in [0.05, 0.1) is 12.2 Å². The number of carboxylic acids is 1. The molecule has 0 bridgehead atoms. The molecule has 2 heterocycles. The van der Waals surface area contributed by atoms with Gasteiger partial charge in [0.2, 0.25) is 5.88 Å². The zero-order valence-corrected chi connectivity index (χ0v) is 10.5. The molecule has 5 nitrogen and oxygen atoms in total. The van der Waals surface area contributed by atoms with E-state index in [1.54, 1.807) is 0 Å². The second-order valence-electron chi connectivity index (χ2n) is 4.75. The molecule has 0 atom stereocenters. The van der Waals surface area contributed by atoms with Gasteiger partial charge in [0, 0.05) is 12.3 Å². The number of hydrogen-bond donors (Lipinski definition) is 1. The van der Waals surface area contributed by atoms with Crippen LogP contribution in [0.1, 0.15) is 23.2 Å². The number of pyridine rings is 1. The maximum absolute atomic E-state index is 10.8. The first-order valence-corrected chi connectivity index (χ1v) is 6.16. The molecule has 1 aromatic heterocycles. The molecule has 1 aliphatic heterocycles. The van der Waals surface area contributed by atoms with Crippen LogP contribution < -0.4 is 4.74 Å². The van der Waals surface area contributed by atoms with Crippen molar-refractivity contribution < 1.29 is 14.6 Å². The molecule has 0 saturated carbocycles. The van der Waals surface area contributed by atoms with Crippen molar-refractivity contribution in [1.82, 2.24) is 9.88 Å². The van der Waals surface area contributed by atoms with E-state index in [2.05, 4.69) is 16.9 Å². The number of likely N-dealkylation sites (tertiary alicyclic amines) is 1. The highest BCUT2D eigenvalue weighted by molar-refractivity contribution is 5.87. The summed E-state index contributed by atoms with van der Waals surface area (Å²) in [6, 6.07) is 2.93. The summed E-state index contributed by atoms with van der Waals surface area (Å²) in [7, 11) is 2.12. The Morgan fingerprint density at radius 3 is 2.94 bits per heavy atom. The van der Waals surface area contributed by atoms with Crippen LogP contribution in [-0.2, 0) is 0 Å². The number of ether oxygens (including phenoxy) is 1. The minimum Gasteiger partial charge on any atom is -0.478 e.